The maximum absolute atomic E-state index is 14.2. The van der Waals surface area contributed by atoms with Gasteiger partial charge in [0, 0.05) is 85.3 Å². The predicted octanol–water partition coefficient (Wildman–Crippen LogP) is 8.36. The number of benzene rings is 4. The van der Waals surface area contributed by atoms with E-state index in [9.17, 15) is 34.8 Å². The van der Waals surface area contributed by atoms with Crippen LogP contribution in [0.4, 0.5) is 24.5 Å². The van der Waals surface area contributed by atoms with Gasteiger partial charge in [0.25, 0.3) is 25.8 Å². The molecule has 0 saturated carbocycles. The summed E-state index contributed by atoms with van der Waals surface area (Å²) in [6, 6.07) is 25.6. The van der Waals surface area contributed by atoms with Gasteiger partial charge >= 0.3 is 5.51 Å². The van der Waals surface area contributed by atoms with Crippen LogP contribution in [0.25, 0.3) is 5.57 Å². The zero-order chi connectivity index (χ0) is 45.5. The van der Waals surface area contributed by atoms with Crippen molar-refractivity contribution in [3.05, 3.63) is 131 Å². The molecule has 7 rings (SSSR count). The number of nitrogens with one attached hydrogen (secondary N) is 2. The van der Waals surface area contributed by atoms with Crippen LogP contribution in [0.2, 0.25) is 5.02 Å². The number of morpholine rings is 1. The van der Waals surface area contributed by atoms with E-state index >= 15 is 0 Å². The highest BCUT2D eigenvalue weighted by Gasteiger charge is 2.48. The number of amides is 1. The normalized spacial score (nSPS) is 17.6. The topological polar surface area (TPSA) is 128 Å². The molecule has 342 valence electrons. The monoisotopic (exact) mass is 957 g/mol. The second kappa shape index (κ2) is 20.9. The Morgan fingerprint density at radius 2 is 1.53 bits per heavy atom. The van der Waals surface area contributed by atoms with Gasteiger partial charge in [-0.3, -0.25) is 14.6 Å². The summed E-state index contributed by atoms with van der Waals surface area (Å²) < 4.78 is 103. The number of rotatable bonds is 16. The summed E-state index contributed by atoms with van der Waals surface area (Å²) in [6.45, 7) is 11.1. The maximum atomic E-state index is 14.2. The molecule has 2 saturated heterocycles. The second-order valence-corrected chi connectivity index (χ2v) is 21.2. The van der Waals surface area contributed by atoms with Crippen molar-refractivity contribution < 1.29 is 39.5 Å². The highest BCUT2D eigenvalue weighted by Crippen LogP contribution is 2.38. The van der Waals surface area contributed by atoms with Gasteiger partial charge in [-0.05, 0) is 109 Å². The maximum Gasteiger partial charge on any atom is 0.501 e. The lowest BCUT2D eigenvalue weighted by Gasteiger charge is -2.37. The van der Waals surface area contributed by atoms with Crippen molar-refractivity contribution in [1.82, 2.24) is 14.5 Å². The highest BCUT2D eigenvalue weighted by atomic mass is 35.5. The third kappa shape index (κ3) is 12.1. The average Bonchev–Trinajstić information content (AvgIpc) is 3.28. The SMILES string of the molecule is C=C1CCC(c2ccc(Cl)cc2)=C(CN2CCN(c3ccc(C(=O)NS(=O)(=O)c4ccc(N[C@H](CCN5CCOCC5)CSc5ccccc5)c(S(=O)(=O)C(F)(F)F)c4)cc3)CC2)C1. The number of sulfonamides is 1. The lowest BCUT2D eigenvalue weighted by Crippen LogP contribution is -2.47. The Hall–Kier alpha value is -4.36. The van der Waals surface area contributed by atoms with Crippen LogP contribution in [0.1, 0.15) is 41.6 Å². The number of hydrogen-bond acceptors (Lipinski definition) is 11. The lowest BCUT2D eigenvalue weighted by molar-refractivity contribution is -0.0435. The van der Waals surface area contributed by atoms with E-state index in [0.717, 1.165) is 74.7 Å². The molecule has 0 radical (unpaired) electrons. The van der Waals surface area contributed by atoms with Crippen LogP contribution in [0.15, 0.2) is 129 Å². The van der Waals surface area contributed by atoms with Gasteiger partial charge in [0.2, 0.25) is 0 Å². The number of alkyl halides is 3. The molecular formula is C46H51ClF3N5O6S3. The molecule has 1 atom stereocenters. The van der Waals surface area contributed by atoms with E-state index < -0.39 is 52.8 Å². The summed E-state index contributed by atoms with van der Waals surface area (Å²) in [5, 5.41) is 3.69. The van der Waals surface area contributed by atoms with Gasteiger partial charge in [0.1, 0.15) is 4.90 Å². The molecule has 0 spiro atoms. The number of allylic oxidation sites excluding steroid dienone is 2. The van der Waals surface area contributed by atoms with E-state index in [2.05, 4.69) is 38.7 Å². The number of hydrogen-bond donors (Lipinski definition) is 2. The van der Waals surface area contributed by atoms with Gasteiger partial charge in [-0.1, -0.05) is 54.1 Å². The quantitative estimate of drug-likeness (QED) is 0.0831. The van der Waals surface area contributed by atoms with E-state index in [1.165, 1.54) is 46.2 Å². The Kier molecular flexibility index (Phi) is 15.5. The van der Waals surface area contributed by atoms with Gasteiger partial charge in [0.15, 0.2) is 0 Å². The van der Waals surface area contributed by atoms with Crippen LogP contribution in [-0.4, -0.2) is 115 Å². The summed E-state index contributed by atoms with van der Waals surface area (Å²) in [5.74, 6) is -0.661. The molecule has 0 aromatic heterocycles. The van der Waals surface area contributed by atoms with Gasteiger partial charge in [-0.25, -0.2) is 21.6 Å². The van der Waals surface area contributed by atoms with Crippen LogP contribution in [0, 0.1) is 0 Å². The van der Waals surface area contributed by atoms with E-state index in [1.807, 2.05) is 47.2 Å². The van der Waals surface area contributed by atoms with Crippen molar-refractivity contribution in [2.45, 2.75) is 51.9 Å². The molecule has 1 aliphatic carbocycles. The van der Waals surface area contributed by atoms with E-state index in [4.69, 9.17) is 16.3 Å². The average molecular weight is 959 g/mol. The third-order valence-electron chi connectivity index (χ3n) is 11.6. The molecule has 1 amide bonds. The van der Waals surface area contributed by atoms with E-state index in [1.54, 1.807) is 12.1 Å². The number of carbonyl (C=O) groups is 1. The summed E-state index contributed by atoms with van der Waals surface area (Å²) in [4.78, 5) is 18.9. The Labute approximate surface area is 382 Å². The number of nitrogens with zero attached hydrogens (tertiary/aromatic N) is 3. The summed E-state index contributed by atoms with van der Waals surface area (Å²) in [7, 11) is -10.9. The Morgan fingerprint density at radius 1 is 0.844 bits per heavy atom. The summed E-state index contributed by atoms with van der Waals surface area (Å²) >= 11 is 7.60. The fourth-order valence-electron chi connectivity index (χ4n) is 8.05. The summed E-state index contributed by atoms with van der Waals surface area (Å²) in [6.07, 6.45) is 3.20. The van der Waals surface area contributed by atoms with Crippen molar-refractivity contribution >= 4 is 66.1 Å². The van der Waals surface area contributed by atoms with Crippen molar-refractivity contribution in [3.8, 4) is 0 Å². The van der Waals surface area contributed by atoms with Crippen molar-refractivity contribution in [2.24, 2.45) is 0 Å². The first-order chi connectivity index (χ1) is 30.6. The van der Waals surface area contributed by atoms with E-state index in [0.29, 0.717) is 56.1 Å². The minimum absolute atomic E-state index is 0.00870. The molecule has 64 heavy (non-hydrogen) atoms. The van der Waals surface area contributed by atoms with Crippen LogP contribution in [-0.2, 0) is 24.6 Å². The van der Waals surface area contributed by atoms with Gasteiger partial charge in [0.05, 0.1) is 23.8 Å². The smallest absolute Gasteiger partial charge is 0.380 e. The number of sulfone groups is 1. The summed E-state index contributed by atoms with van der Waals surface area (Å²) in [5.41, 5.74) is -0.207. The first-order valence-electron chi connectivity index (χ1n) is 21.0. The predicted molar refractivity (Wildman–Crippen MR) is 247 cm³/mol. The van der Waals surface area contributed by atoms with E-state index in [-0.39, 0.29) is 5.56 Å². The number of carbonyl (C=O) groups excluding carboxylic acids is 1. The number of piperazine rings is 1. The van der Waals surface area contributed by atoms with Crippen molar-refractivity contribution in [3.63, 3.8) is 0 Å². The minimum Gasteiger partial charge on any atom is -0.380 e. The zero-order valence-corrected chi connectivity index (χ0v) is 38.4. The molecule has 2 heterocycles. The molecule has 2 fully saturated rings. The van der Waals surface area contributed by atoms with Crippen LogP contribution in [0.3, 0.4) is 0 Å². The van der Waals surface area contributed by atoms with Crippen LogP contribution >= 0.6 is 23.4 Å². The fraction of sp³-hybridized carbons (Fsp3) is 0.370. The number of anilines is 2. The molecule has 11 nitrogen and oxygen atoms in total. The molecule has 3 aliphatic rings. The lowest BCUT2D eigenvalue weighted by atomic mass is 9.85. The molecule has 2 aliphatic heterocycles. The zero-order valence-electron chi connectivity index (χ0n) is 35.2. The molecule has 4 aromatic carbocycles. The highest BCUT2D eigenvalue weighted by molar-refractivity contribution is 7.99. The van der Waals surface area contributed by atoms with Gasteiger partial charge in [-0.15, -0.1) is 11.8 Å². The number of halogens is 4. The van der Waals surface area contributed by atoms with Gasteiger partial charge < -0.3 is 15.0 Å². The molecule has 0 unspecified atom stereocenters. The number of thioether (sulfide) groups is 1. The minimum atomic E-state index is -6.05. The van der Waals surface area contributed by atoms with Gasteiger partial charge in [-0.2, -0.15) is 13.2 Å². The molecular weight excluding hydrogens is 907 g/mol. The molecule has 18 heteroatoms. The van der Waals surface area contributed by atoms with Crippen molar-refractivity contribution in [1.29, 1.82) is 0 Å². The molecule has 4 aromatic rings. The largest absolute Gasteiger partial charge is 0.501 e. The Morgan fingerprint density at radius 3 is 2.20 bits per heavy atom. The number of ether oxygens (including phenoxy) is 1. The molecule has 2 N–H and O–H groups in total. The first kappa shape index (κ1) is 47.6. The first-order valence-corrected chi connectivity index (χ1v) is 25.4. The fourth-order valence-corrected chi connectivity index (χ4v) is 11.2. The Balaban J connectivity index is 1.02. The second-order valence-electron chi connectivity index (χ2n) is 16.1. The molecule has 0 bridgehead atoms. The standard InChI is InChI=1S/C46H51ClF3N5O6S3/c1-33-7-17-42(34-8-12-37(47)13-9-34)36(29-33)31-54-21-23-55(24-22-54)39-14-10-35(11-15-39)45(56)52-64(59,60)41-16-18-43(44(30-41)63(57,58)46(48,49)50)51-38(19-20-53-25-27-61-28-26-53)32-62-40-5-3-2-4-6-40/h2-6,8-16,18,30,38,51H,1,7,17,19-29,31-32H2,(H,52,56)/t38-/m1/s1. The van der Waals surface area contributed by atoms with Crippen LogP contribution < -0.4 is 14.9 Å². The van der Waals surface area contributed by atoms with Crippen molar-refractivity contribution in [2.75, 3.05) is 81.5 Å². The third-order valence-corrected chi connectivity index (χ3v) is 15.9. The van der Waals surface area contributed by atoms with Crippen LogP contribution in [0.5, 0.6) is 0 Å². The Bertz CT molecular complexity index is 2530.